The fourth-order valence-corrected chi connectivity index (χ4v) is 7.21. The van der Waals surface area contributed by atoms with E-state index in [0.29, 0.717) is 70.1 Å². The molecule has 1 fully saturated rings. The number of fused-ring (bicyclic) bond motifs is 1. The summed E-state index contributed by atoms with van der Waals surface area (Å²) in [5.74, 6) is -1.97. The minimum atomic E-state index is -5.19. The molecule has 2 heterocycles. The van der Waals surface area contributed by atoms with E-state index in [0.717, 1.165) is 0 Å². The number of rotatable bonds is 10. The first-order valence-electron chi connectivity index (χ1n) is 16.6. The van der Waals surface area contributed by atoms with Gasteiger partial charge in [0.15, 0.2) is 21.3 Å². The number of hydrogen-bond donors (Lipinski definition) is 3. The molecule has 0 radical (unpaired) electrons. The first kappa shape index (κ1) is 41.9. The number of hydrogen-bond acceptors (Lipinski definition) is 12. The second-order valence-corrected chi connectivity index (χ2v) is 15.0. The van der Waals surface area contributed by atoms with Gasteiger partial charge in [-0.1, -0.05) is 6.07 Å². The van der Waals surface area contributed by atoms with Gasteiger partial charge in [-0.05, 0) is 93.3 Å². The van der Waals surface area contributed by atoms with E-state index in [1.54, 1.807) is 68.1 Å². The fraction of sp³-hybridized carbons (Fsp3) is 0.361. The van der Waals surface area contributed by atoms with Crippen molar-refractivity contribution >= 4 is 50.1 Å². The zero-order valence-corrected chi connectivity index (χ0v) is 31.4. The SMILES string of the molecule is COC(=O)Nc1ccc(S(=O)(=O)C(C)C)c([C@H]2CCCN2C(=O)[C@H](Nc2ccc3nc(C)[nH]c(=O)c3c2)c2ccc(OC)c(OC)c2)c1.O=C([O-])C(F)(F)F. The molecule has 1 saturated heterocycles. The highest BCUT2D eigenvalue weighted by Crippen LogP contribution is 2.41. The van der Waals surface area contributed by atoms with E-state index >= 15 is 0 Å². The van der Waals surface area contributed by atoms with Crippen molar-refractivity contribution in [2.75, 3.05) is 38.5 Å². The van der Waals surface area contributed by atoms with E-state index in [1.165, 1.54) is 33.5 Å². The molecule has 55 heavy (non-hydrogen) atoms. The van der Waals surface area contributed by atoms with Gasteiger partial charge in [0.1, 0.15) is 17.8 Å². The van der Waals surface area contributed by atoms with Gasteiger partial charge in [-0.3, -0.25) is 14.9 Å². The number of nitrogens with one attached hydrogen (secondary N) is 3. The molecule has 0 aliphatic carbocycles. The smallest absolute Gasteiger partial charge is 0.430 e. The van der Waals surface area contributed by atoms with Crippen LogP contribution in [0.2, 0.25) is 0 Å². The molecule has 2 amide bonds. The minimum Gasteiger partial charge on any atom is -0.542 e. The molecule has 1 aromatic heterocycles. The molecule has 296 valence electrons. The lowest BCUT2D eigenvalue weighted by Gasteiger charge is -2.32. The van der Waals surface area contributed by atoms with Crippen LogP contribution in [0.5, 0.6) is 11.5 Å². The fourth-order valence-electron chi connectivity index (χ4n) is 5.92. The predicted octanol–water partition coefficient (Wildman–Crippen LogP) is 4.42. The Bertz CT molecular complexity index is 2250. The quantitative estimate of drug-likeness (QED) is 0.204. The summed E-state index contributed by atoms with van der Waals surface area (Å²) >= 11 is 0. The van der Waals surface area contributed by atoms with Crippen LogP contribution in [-0.2, 0) is 24.2 Å². The maximum atomic E-state index is 14.7. The molecule has 5 rings (SSSR count). The van der Waals surface area contributed by atoms with Gasteiger partial charge in [0.05, 0.1) is 48.4 Å². The van der Waals surface area contributed by atoms with Crippen molar-refractivity contribution in [2.24, 2.45) is 0 Å². The summed E-state index contributed by atoms with van der Waals surface area (Å²) in [4.78, 5) is 57.2. The third-order valence-electron chi connectivity index (χ3n) is 8.62. The van der Waals surface area contributed by atoms with Gasteiger partial charge in [-0.25, -0.2) is 18.2 Å². The van der Waals surface area contributed by atoms with Crippen molar-refractivity contribution in [1.29, 1.82) is 0 Å². The zero-order chi connectivity index (χ0) is 40.8. The predicted molar refractivity (Wildman–Crippen MR) is 193 cm³/mol. The van der Waals surface area contributed by atoms with Crippen LogP contribution in [0.3, 0.4) is 0 Å². The number of nitrogens with zero attached hydrogens (tertiary/aromatic N) is 2. The molecule has 0 spiro atoms. The van der Waals surface area contributed by atoms with Crippen LogP contribution in [0, 0.1) is 6.92 Å². The van der Waals surface area contributed by atoms with Gasteiger partial charge in [-0.2, -0.15) is 13.2 Å². The number of aliphatic carboxylic acids is 1. The first-order chi connectivity index (χ1) is 25.8. The largest absolute Gasteiger partial charge is 0.542 e. The number of ether oxygens (including phenoxy) is 3. The van der Waals surface area contributed by atoms with E-state index in [9.17, 15) is 36.0 Å². The molecule has 19 heteroatoms. The van der Waals surface area contributed by atoms with Crippen LogP contribution in [-0.4, -0.2) is 80.6 Å². The molecular weight excluding hydrogens is 751 g/mol. The van der Waals surface area contributed by atoms with Gasteiger partial charge >= 0.3 is 12.3 Å². The first-order valence-corrected chi connectivity index (χ1v) is 18.2. The number of sulfone groups is 1. The topological polar surface area (TPSA) is 209 Å². The number of anilines is 2. The van der Waals surface area contributed by atoms with E-state index in [2.05, 4.69) is 20.6 Å². The Labute approximate surface area is 313 Å². The van der Waals surface area contributed by atoms with Crippen LogP contribution in [0.15, 0.2) is 64.3 Å². The number of methoxy groups -OCH3 is 3. The number of aryl methyl sites for hydroxylation is 1. The van der Waals surface area contributed by atoms with Crippen LogP contribution in [0.4, 0.5) is 29.3 Å². The van der Waals surface area contributed by atoms with Gasteiger partial charge in [0, 0.05) is 17.9 Å². The van der Waals surface area contributed by atoms with Crippen LogP contribution in [0.25, 0.3) is 10.9 Å². The zero-order valence-electron chi connectivity index (χ0n) is 30.6. The Morgan fingerprint density at radius 3 is 2.24 bits per heavy atom. The molecule has 1 aliphatic rings. The number of carbonyl (C=O) groups excluding carboxylic acids is 3. The summed E-state index contributed by atoms with van der Waals surface area (Å²) in [5, 5.41) is 14.3. The van der Waals surface area contributed by atoms with E-state index in [1.807, 2.05) is 0 Å². The number of aromatic nitrogens is 2. The number of benzene rings is 3. The summed E-state index contributed by atoms with van der Waals surface area (Å²) in [5.41, 5.74) is 1.97. The Balaban J connectivity index is 0.000000876. The number of halogens is 3. The highest BCUT2D eigenvalue weighted by Gasteiger charge is 2.38. The number of likely N-dealkylation sites (tertiary alicyclic amines) is 1. The number of carboxylic acid groups (broad SMARTS) is 1. The average Bonchev–Trinajstić information content (AvgIpc) is 3.63. The van der Waals surface area contributed by atoms with Gasteiger partial charge in [0.25, 0.3) is 5.56 Å². The van der Waals surface area contributed by atoms with Crippen LogP contribution in [0.1, 0.15) is 55.7 Å². The Morgan fingerprint density at radius 2 is 1.64 bits per heavy atom. The van der Waals surface area contributed by atoms with Crippen molar-refractivity contribution in [3.05, 3.63) is 81.9 Å². The second-order valence-electron chi connectivity index (χ2n) is 12.5. The molecule has 15 nitrogen and oxygen atoms in total. The molecule has 4 aromatic rings. The Kier molecular flexibility index (Phi) is 13.0. The van der Waals surface area contributed by atoms with E-state index in [4.69, 9.17) is 24.1 Å². The summed E-state index contributed by atoms with van der Waals surface area (Å²) in [6.07, 6.45) is -4.80. The summed E-state index contributed by atoms with van der Waals surface area (Å²) in [7, 11) is 0.469. The number of alkyl halides is 3. The summed E-state index contributed by atoms with van der Waals surface area (Å²) < 4.78 is 74.4. The monoisotopic (exact) mass is 790 g/mol. The number of carboxylic acids is 1. The van der Waals surface area contributed by atoms with Gasteiger partial charge in [0.2, 0.25) is 5.91 Å². The number of H-pyrrole nitrogens is 1. The molecule has 0 saturated carbocycles. The minimum absolute atomic E-state index is 0.0878. The molecule has 3 N–H and O–H groups in total. The lowest BCUT2D eigenvalue weighted by Crippen LogP contribution is -2.38. The lowest BCUT2D eigenvalue weighted by molar-refractivity contribution is -0.344. The van der Waals surface area contributed by atoms with Crippen molar-refractivity contribution < 1.29 is 55.3 Å². The summed E-state index contributed by atoms with van der Waals surface area (Å²) in [6, 6.07) is 13.2. The molecule has 3 aromatic carbocycles. The maximum Gasteiger partial charge on any atom is 0.430 e. The third-order valence-corrected chi connectivity index (χ3v) is 10.8. The van der Waals surface area contributed by atoms with Crippen molar-refractivity contribution in [3.8, 4) is 11.5 Å². The Hall–Kier alpha value is -5.85. The van der Waals surface area contributed by atoms with Crippen molar-refractivity contribution in [3.63, 3.8) is 0 Å². The average molecular weight is 791 g/mol. The van der Waals surface area contributed by atoms with E-state index in [-0.39, 0.29) is 16.4 Å². The number of carbonyl (C=O) groups is 3. The highest BCUT2D eigenvalue weighted by atomic mass is 32.2. The van der Waals surface area contributed by atoms with Gasteiger partial charge < -0.3 is 39.3 Å². The van der Waals surface area contributed by atoms with Crippen LogP contribution < -0.4 is 30.8 Å². The van der Waals surface area contributed by atoms with Crippen molar-refractivity contribution in [1.82, 2.24) is 14.9 Å². The standard InChI is InChI=1S/C34H39N5O8S.C2HF3O2/c1-19(2)48(43,44)30-14-11-23(38-34(42)47-6)18-25(30)27-8-7-15-39(27)33(41)31(21-9-13-28(45-4)29(16-21)46-5)37-22-10-12-26-24(17-22)32(40)36-20(3)35-26;3-2(4,5)1(6)7/h9-14,16-19,27,31,37H,7-8,15H2,1-6H3,(H,38,42)(H,35,36,40);(H,6,7)/p-1/t27-,31-;/m1./s1. The molecule has 0 bridgehead atoms. The second kappa shape index (κ2) is 17.1. The molecule has 0 unspecified atom stereocenters. The molecular formula is C36H39F3N5O10S-. The summed E-state index contributed by atoms with van der Waals surface area (Å²) in [6.45, 7) is 5.25. The molecule has 2 atom stereocenters. The molecule has 1 aliphatic heterocycles. The number of amides is 2. The van der Waals surface area contributed by atoms with E-state index < -0.39 is 45.4 Å². The van der Waals surface area contributed by atoms with Crippen LogP contribution >= 0.6 is 0 Å². The third kappa shape index (κ3) is 9.64. The Morgan fingerprint density at radius 1 is 0.982 bits per heavy atom. The lowest BCUT2D eigenvalue weighted by atomic mass is 10.0. The highest BCUT2D eigenvalue weighted by molar-refractivity contribution is 7.92. The van der Waals surface area contributed by atoms with Crippen molar-refractivity contribution in [2.45, 2.75) is 62.0 Å². The normalized spacial score (nSPS) is 14.8. The maximum absolute atomic E-state index is 14.7. The number of aromatic amines is 1. The van der Waals surface area contributed by atoms with Gasteiger partial charge in [-0.15, -0.1) is 0 Å².